The molecule has 28 heavy (non-hydrogen) atoms. The van der Waals surface area contributed by atoms with Crippen molar-refractivity contribution in [2.45, 2.75) is 32.9 Å². The summed E-state index contributed by atoms with van der Waals surface area (Å²) in [5.74, 6) is 2.67. The van der Waals surface area contributed by atoms with Crippen LogP contribution in [0, 0.1) is 0 Å². The van der Waals surface area contributed by atoms with Crippen LogP contribution in [0.15, 0.2) is 47.6 Å². The lowest BCUT2D eigenvalue weighted by Gasteiger charge is -2.20. The fraction of sp³-hybridized carbons (Fsp3) is 0.429. The van der Waals surface area contributed by atoms with Gasteiger partial charge in [-0.15, -0.1) is 0 Å². The Morgan fingerprint density at radius 3 is 2.71 bits per heavy atom. The SMILES string of the molecule is CCNC(=NCc1ccc(Oc2ccccc2OCC)nc1)N1CC[C@@H](O)C1. The van der Waals surface area contributed by atoms with E-state index in [2.05, 4.69) is 20.2 Å². The van der Waals surface area contributed by atoms with Gasteiger partial charge in [0.1, 0.15) is 0 Å². The molecule has 0 radical (unpaired) electrons. The van der Waals surface area contributed by atoms with Crippen LogP contribution in [-0.2, 0) is 6.54 Å². The molecular formula is C21H28N4O3. The van der Waals surface area contributed by atoms with Gasteiger partial charge in [-0.3, -0.25) is 0 Å². The molecule has 0 spiro atoms. The average Bonchev–Trinajstić information content (AvgIpc) is 3.14. The van der Waals surface area contributed by atoms with Gasteiger partial charge >= 0.3 is 0 Å². The molecule has 0 bridgehead atoms. The lowest BCUT2D eigenvalue weighted by molar-refractivity contribution is 0.188. The largest absolute Gasteiger partial charge is 0.490 e. The maximum Gasteiger partial charge on any atom is 0.219 e. The van der Waals surface area contributed by atoms with E-state index in [1.807, 2.05) is 50.2 Å². The first-order valence-corrected chi connectivity index (χ1v) is 9.75. The number of β-amino-alcohol motifs (C(OH)–C–C–N with tert-alkyl or cyclic N) is 1. The van der Waals surface area contributed by atoms with Crippen LogP contribution < -0.4 is 14.8 Å². The van der Waals surface area contributed by atoms with Crippen LogP contribution in [-0.4, -0.2) is 53.3 Å². The second-order valence-electron chi connectivity index (χ2n) is 6.55. The normalized spacial score (nSPS) is 16.9. The van der Waals surface area contributed by atoms with E-state index in [-0.39, 0.29) is 6.10 Å². The Morgan fingerprint density at radius 2 is 2.07 bits per heavy atom. The molecule has 2 heterocycles. The van der Waals surface area contributed by atoms with E-state index < -0.39 is 0 Å². The Labute approximate surface area is 166 Å². The number of aliphatic hydroxyl groups is 1. The number of para-hydroxylation sites is 2. The Hall–Kier alpha value is -2.80. The van der Waals surface area contributed by atoms with Crippen LogP contribution in [0.2, 0.25) is 0 Å². The van der Waals surface area contributed by atoms with Crippen LogP contribution in [0.1, 0.15) is 25.8 Å². The van der Waals surface area contributed by atoms with E-state index in [0.29, 0.717) is 37.1 Å². The number of hydrogen-bond donors (Lipinski definition) is 2. The summed E-state index contributed by atoms with van der Waals surface area (Å²) in [5, 5.41) is 13.0. The molecule has 1 saturated heterocycles. The van der Waals surface area contributed by atoms with Crippen molar-refractivity contribution < 1.29 is 14.6 Å². The number of ether oxygens (including phenoxy) is 2. The molecule has 3 rings (SSSR count). The minimum Gasteiger partial charge on any atom is -0.490 e. The third kappa shape index (κ3) is 5.36. The minimum absolute atomic E-state index is 0.276. The quantitative estimate of drug-likeness (QED) is 0.565. The molecule has 1 aliphatic heterocycles. The van der Waals surface area contributed by atoms with Gasteiger partial charge in [-0.25, -0.2) is 9.98 Å². The molecule has 1 atom stereocenters. The predicted octanol–water partition coefficient (Wildman–Crippen LogP) is 2.80. The van der Waals surface area contributed by atoms with Crippen molar-refractivity contribution in [3.8, 4) is 17.4 Å². The van der Waals surface area contributed by atoms with Crippen molar-refractivity contribution in [3.05, 3.63) is 48.2 Å². The molecule has 7 nitrogen and oxygen atoms in total. The van der Waals surface area contributed by atoms with E-state index in [0.717, 1.165) is 31.0 Å². The van der Waals surface area contributed by atoms with Crippen molar-refractivity contribution in [2.75, 3.05) is 26.2 Å². The number of aliphatic hydroxyl groups excluding tert-OH is 1. The second-order valence-corrected chi connectivity index (χ2v) is 6.55. The van der Waals surface area contributed by atoms with Gasteiger partial charge in [0.25, 0.3) is 0 Å². The van der Waals surface area contributed by atoms with Crippen LogP contribution in [0.5, 0.6) is 17.4 Å². The summed E-state index contributed by atoms with van der Waals surface area (Å²) in [7, 11) is 0. The molecule has 2 N–H and O–H groups in total. The number of aliphatic imine (C=N–C) groups is 1. The second kappa shape index (κ2) is 9.94. The number of nitrogens with one attached hydrogen (secondary N) is 1. The molecule has 1 aromatic heterocycles. The fourth-order valence-corrected chi connectivity index (χ4v) is 3.01. The Bertz CT molecular complexity index is 779. The highest BCUT2D eigenvalue weighted by Gasteiger charge is 2.22. The molecule has 1 aromatic carbocycles. The van der Waals surface area contributed by atoms with E-state index in [4.69, 9.17) is 9.47 Å². The van der Waals surface area contributed by atoms with Crippen LogP contribution in [0.3, 0.4) is 0 Å². The van der Waals surface area contributed by atoms with Gasteiger partial charge in [0.2, 0.25) is 5.88 Å². The van der Waals surface area contributed by atoms with Crippen molar-refractivity contribution in [1.29, 1.82) is 0 Å². The monoisotopic (exact) mass is 384 g/mol. The molecule has 1 aliphatic rings. The Balaban J connectivity index is 1.64. The maximum absolute atomic E-state index is 9.75. The molecule has 0 aliphatic carbocycles. The molecular weight excluding hydrogens is 356 g/mol. The smallest absolute Gasteiger partial charge is 0.219 e. The molecule has 0 saturated carbocycles. The van der Waals surface area contributed by atoms with Gasteiger partial charge in [-0.2, -0.15) is 0 Å². The molecule has 150 valence electrons. The Morgan fingerprint density at radius 1 is 1.25 bits per heavy atom. The van der Waals surface area contributed by atoms with Crippen LogP contribution >= 0.6 is 0 Å². The van der Waals surface area contributed by atoms with Crippen LogP contribution in [0.25, 0.3) is 0 Å². The number of guanidine groups is 1. The van der Waals surface area contributed by atoms with E-state index in [9.17, 15) is 5.11 Å². The van der Waals surface area contributed by atoms with Crippen molar-refractivity contribution in [3.63, 3.8) is 0 Å². The molecule has 7 heteroatoms. The number of nitrogens with zero attached hydrogens (tertiary/aromatic N) is 3. The first kappa shape index (κ1) is 19.9. The number of hydrogen-bond acceptors (Lipinski definition) is 5. The third-order valence-corrected chi connectivity index (χ3v) is 4.37. The van der Waals surface area contributed by atoms with Gasteiger partial charge in [0.15, 0.2) is 17.5 Å². The van der Waals surface area contributed by atoms with Gasteiger partial charge in [-0.05, 0) is 38.0 Å². The van der Waals surface area contributed by atoms with Crippen molar-refractivity contribution in [2.24, 2.45) is 4.99 Å². The first-order chi connectivity index (χ1) is 13.7. The summed E-state index contributed by atoms with van der Waals surface area (Å²) in [6, 6.07) is 11.3. The molecule has 2 aromatic rings. The first-order valence-electron chi connectivity index (χ1n) is 9.75. The average molecular weight is 384 g/mol. The van der Waals surface area contributed by atoms with E-state index in [1.165, 1.54) is 0 Å². The fourth-order valence-electron chi connectivity index (χ4n) is 3.01. The topological polar surface area (TPSA) is 79.2 Å². The molecule has 0 unspecified atom stereocenters. The number of pyridine rings is 1. The van der Waals surface area contributed by atoms with Gasteiger partial charge < -0.3 is 24.8 Å². The summed E-state index contributed by atoms with van der Waals surface area (Å²) >= 11 is 0. The summed E-state index contributed by atoms with van der Waals surface area (Å²) in [6.07, 6.45) is 2.27. The van der Waals surface area contributed by atoms with Gasteiger partial charge in [0, 0.05) is 31.9 Å². The lowest BCUT2D eigenvalue weighted by Crippen LogP contribution is -2.40. The van der Waals surface area contributed by atoms with Crippen molar-refractivity contribution >= 4 is 5.96 Å². The highest BCUT2D eigenvalue weighted by atomic mass is 16.5. The summed E-state index contributed by atoms with van der Waals surface area (Å²) in [5.41, 5.74) is 0.987. The molecule has 0 amide bonds. The summed E-state index contributed by atoms with van der Waals surface area (Å²) in [4.78, 5) is 11.1. The number of rotatable bonds is 7. The van der Waals surface area contributed by atoms with E-state index in [1.54, 1.807) is 6.20 Å². The van der Waals surface area contributed by atoms with Crippen molar-refractivity contribution in [1.82, 2.24) is 15.2 Å². The maximum atomic E-state index is 9.75. The van der Waals surface area contributed by atoms with E-state index >= 15 is 0 Å². The standard InChI is InChI=1S/C21H28N4O3/c1-3-22-21(25-12-11-17(26)15-25)24-14-16-9-10-20(23-13-16)28-19-8-6-5-7-18(19)27-4-2/h5-10,13,17,26H,3-4,11-12,14-15H2,1-2H3,(H,22,24)/t17-/m1/s1. The zero-order chi connectivity index (χ0) is 19.8. The number of likely N-dealkylation sites (tertiary alicyclic amines) is 1. The number of benzene rings is 1. The zero-order valence-electron chi connectivity index (χ0n) is 16.5. The summed E-state index contributed by atoms with van der Waals surface area (Å²) < 4.78 is 11.4. The van der Waals surface area contributed by atoms with Gasteiger partial charge in [-0.1, -0.05) is 18.2 Å². The lowest BCUT2D eigenvalue weighted by atomic mass is 10.3. The summed E-state index contributed by atoms with van der Waals surface area (Å²) in [6.45, 7) is 7.29. The highest BCUT2D eigenvalue weighted by Crippen LogP contribution is 2.30. The zero-order valence-corrected chi connectivity index (χ0v) is 16.5. The number of aromatic nitrogens is 1. The molecule has 1 fully saturated rings. The highest BCUT2D eigenvalue weighted by molar-refractivity contribution is 5.80. The minimum atomic E-state index is -0.276. The van der Waals surface area contributed by atoms with Crippen LogP contribution in [0.4, 0.5) is 0 Å². The predicted molar refractivity (Wildman–Crippen MR) is 109 cm³/mol. The Kier molecular flexibility index (Phi) is 7.08. The third-order valence-electron chi connectivity index (χ3n) is 4.37. The van der Waals surface area contributed by atoms with Gasteiger partial charge in [0.05, 0.1) is 19.3 Å².